The normalized spacial score (nSPS) is 18.0. The number of morpholine rings is 1. The van der Waals surface area contributed by atoms with E-state index in [1.165, 1.54) is 0 Å². The molecule has 1 fully saturated rings. The number of amides is 2. The van der Waals surface area contributed by atoms with Crippen molar-refractivity contribution in [1.82, 2.24) is 4.90 Å². The maximum absolute atomic E-state index is 12.1. The Kier molecular flexibility index (Phi) is 6.21. The van der Waals surface area contributed by atoms with Crippen LogP contribution in [-0.2, 0) is 14.0 Å². The highest BCUT2D eigenvalue weighted by atomic mass is 28.4. The van der Waals surface area contributed by atoms with Gasteiger partial charge in [-0.3, -0.25) is 4.79 Å². The molecular weight excluding hydrogens is 386 g/mol. The minimum absolute atomic E-state index is 0.0886. The number of imide groups is 1. The number of benzene rings is 2. The Hall–Kier alpha value is -2.48. The van der Waals surface area contributed by atoms with Gasteiger partial charge in [0.2, 0.25) is 0 Å². The van der Waals surface area contributed by atoms with Gasteiger partial charge in [0, 0.05) is 0 Å². The van der Waals surface area contributed by atoms with Crippen LogP contribution in [0.2, 0.25) is 5.04 Å². The monoisotopic (exact) mass is 413 g/mol. The molecular formula is C22H27NO5Si. The van der Waals surface area contributed by atoms with E-state index in [0.29, 0.717) is 0 Å². The van der Waals surface area contributed by atoms with E-state index in [1.807, 2.05) is 36.4 Å². The summed E-state index contributed by atoms with van der Waals surface area (Å²) in [6.07, 6.45) is -1.27. The molecule has 0 bridgehead atoms. The zero-order valence-corrected chi connectivity index (χ0v) is 18.0. The first-order valence-electron chi connectivity index (χ1n) is 9.65. The van der Waals surface area contributed by atoms with Gasteiger partial charge in [0.25, 0.3) is 14.2 Å². The summed E-state index contributed by atoms with van der Waals surface area (Å²) < 4.78 is 12.1. The lowest BCUT2D eigenvalue weighted by atomic mass is 10.2. The fourth-order valence-electron chi connectivity index (χ4n) is 4.00. The number of ether oxygens (including phenoxy) is 1. The first-order valence-corrected chi connectivity index (χ1v) is 11.6. The fourth-order valence-corrected chi connectivity index (χ4v) is 8.60. The summed E-state index contributed by atoms with van der Waals surface area (Å²) in [5.41, 5.74) is 0. The van der Waals surface area contributed by atoms with Gasteiger partial charge >= 0.3 is 6.09 Å². The third-order valence-electron chi connectivity index (χ3n) is 5.28. The summed E-state index contributed by atoms with van der Waals surface area (Å²) in [6, 6.07) is 19.5. The number of hydrogen-bond acceptors (Lipinski definition) is 4. The molecule has 1 N–H and O–H groups in total. The zero-order valence-electron chi connectivity index (χ0n) is 17.0. The van der Waals surface area contributed by atoms with Crippen molar-refractivity contribution in [3.05, 3.63) is 60.7 Å². The smallest absolute Gasteiger partial charge is 0.414 e. The lowest BCUT2D eigenvalue weighted by molar-refractivity contribution is -0.145. The molecule has 6 nitrogen and oxygen atoms in total. The molecule has 3 rings (SSSR count). The van der Waals surface area contributed by atoms with Crippen molar-refractivity contribution in [2.45, 2.75) is 31.9 Å². The van der Waals surface area contributed by atoms with Gasteiger partial charge in [0.15, 0.2) is 0 Å². The molecule has 7 heteroatoms. The molecule has 2 aromatic rings. The van der Waals surface area contributed by atoms with Crippen LogP contribution in [0.4, 0.5) is 4.79 Å². The second-order valence-corrected chi connectivity index (χ2v) is 12.5. The minimum atomic E-state index is -2.81. The third-order valence-corrected chi connectivity index (χ3v) is 10.3. The van der Waals surface area contributed by atoms with Crippen molar-refractivity contribution in [3.8, 4) is 0 Å². The van der Waals surface area contributed by atoms with E-state index < -0.39 is 26.4 Å². The summed E-state index contributed by atoms with van der Waals surface area (Å²) in [6.45, 7) is 6.45. The van der Waals surface area contributed by atoms with Gasteiger partial charge in [-0.2, -0.15) is 0 Å². The first kappa shape index (κ1) is 21.2. The Morgan fingerprint density at radius 1 is 1.10 bits per heavy atom. The number of carbonyl (C=O) groups is 2. The van der Waals surface area contributed by atoms with Crippen LogP contribution in [0, 0.1) is 0 Å². The molecule has 0 aliphatic carbocycles. The Morgan fingerprint density at radius 2 is 1.62 bits per heavy atom. The van der Waals surface area contributed by atoms with Gasteiger partial charge in [-0.1, -0.05) is 81.4 Å². The summed E-state index contributed by atoms with van der Waals surface area (Å²) in [7, 11) is -2.81. The van der Waals surface area contributed by atoms with Crippen molar-refractivity contribution in [2.24, 2.45) is 0 Å². The number of carboxylic acid groups (broad SMARTS) is 1. The lowest BCUT2D eigenvalue weighted by Crippen LogP contribution is -2.68. The van der Waals surface area contributed by atoms with Gasteiger partial charge in [-0.15, -0.1) is 0 Å². The summed E-state index contributed by atoms with van der Waals surface area (Å²) in [4.78, 5) is 24.6. The van der Waals surface area contributed by atoms with Crippen molar-refractivity contribution in [3.63, 3.8) is 0 Å². The second kappa shape index (κ2) is 8.48. The molecule has 1 aliphatic heterocycles. The molecule has 1 unspecified atom stereocenters. The van der Waals surface area contributed by atoms with Crippen LogP contribution in [0.25, 0.3) is 0 Å². The number of carbonyl (C=O) groups excluding carboxylic acids is 1. The van der Waals surface area contributed by atoms with Gasteiger partial charge in [-0.25, -0.2) is 9.69 Å². The predicted molar refractivity (Wildman–Crippen MR) is 113 cm³/mol. The average molecular weight is 414 g/mol. The van der Waals surface area contributed by atoms with E-state index in [-0.39, 0.29) is 24.9 Å². The average Bonchev–Trinajstić information content (AvgIpc) is 2.69. The molecule has 154 valence electrons. The lowest BCUT2D eigenvalue weighted by Gasteiger charge is -2.44. The molecule has 1 atom stereocenters. The highest BCUT2D eigenvalue weighted by Gasteiger charge is 2.51. The Balaban J connectivity index is 2.04. The molecule has 2 aromatic carbocycles. The van der Waals surface area contributed by atoms with E-state index in [4.69, 9.17) is 9.16 Å². The number of hydrogen-bond donors (Lipinski definition) is 1. The van der Waals surface area contributed by atoms with E-state index in [0.717, 1.165) is 15.3 Å². The third kappa shape index (κ3) is 4.12. The van der Waals surface area contributed by atoms with E-state index >= 15 is 0 Å². The fraction of sp³-hybridized carbons (Fsp3) is 0.364. The summed E-state index contributed by atoms with van der Waals surface area (Å²) in [5, 5.41) is 11.5. The molecule has 0 saturated carbocycles. The first-order chi connectivity index (χ1) is 13.8. The number of rotatable bonds is 5. The van der Waals surface area contributed by atoms with Gasteiger partial charge in [0.05, 0.1) is 19.3 Å². The molecule has 0 spiro atoms. The largest absolute Gasteiger partial charge is 0.465 e. The van der Waals surface area contributed by atoms with E-state index in [2.05, 4.69) is 45.0 Å². The quantitative estimate of drug-likeness (QED) is 0.762. The highest BCUT2D eigenvalue weighted by Crippen LogP contribution is 2.37. The molecule has 29 heavy (non-hydrogen) atoms. The van der Waals surface area contributed by atoms with Crippen LogP contribution < -0.4 is 10.4 Å². The van der Waals surface area contributed by atoms with Crippen LogP contribution in [0.1, 0.15) is 20.8 Å². The maximum atomic E-state index is 12.1. The van der Waals surface area contributed by atoms with E-state index in [9.17, 15) is 14.7 Å². The second-order valence-electron chi connectivity index (χ2n) is 8.19. The number of nitrogens with zero attached hydrogens (tertiary/aromatic N) is 1. The van der Waals surface area contributed by atoms with Crippen LogP contribution in [0.3, 0.4) is 0 Å². The maximum Gasteiger partial charge on any atom is 0.414 e. The van der Waals surface area contributed by atoms with Crippen molar-refractivity contribution in [1.29, 1.82) is 0 Å². The van der Waals surface area contributed by atoms with E-state index in [1.54, 1.807) is 0 Å². The van der Waals surface area contributed by atoms with Crippen LogP contribution in [0.15, 0.2) is 60.7 Å². The molecule has 0 radical (unpaired) electrons. The molecule has 1 saturated heterocycles. The molecule has 0 aromatic heterocycles. The van der Waals surface area contributed by atoms with Crippen LogP contribution >= 0.6 is 0 Å². The van der Waals surface area contributed by atoms with Gasteiger partial charge < -0.3 is 14.3 Å². The topological polar surface area (TPSA) is 76.1 Å². The highest BCUT2D eigenvalue weighted by molar-refractivity contribution is 6.99. The minimum Gasteiger partial charge on any atom is -0.465 e. The standard InChI is InChI=1S/C22H27NO5Si/c1-22(2,3)29(18-10-6-4-7-11-18,19-12-8-5-9-13-19)28-15-17-14-27-16-20(24)23(17)21(25)26/h4-13,17H,14-16H2,1-3H3,(H,25,26). The SMILES string of the molecule is CC(C)(C)[Si](OCC1COCC(=O)N1C(=O)O)(c1ccccc1)c1ccccc1. The van der Waals surface area contributed by atoms with Gasteiger partial charge in [-0.05, 0) is 15.4 Å². The summed E-state index contributed by atoms with van der Waals surface area (Å²) in [5.74, 6) is -0.556. The van der Waals surface area contributed by atoms with Gasteiger partial charge in [0.1, 0.15) is 6.61 Å². The zero-order chi connectivity index (χ0) is 21.1. The van der Waals surface area contributed by atoms with Crippen molar-refractivity contribution >= 4 is 30.7 Å². The molecule has 1 aliphatic rings. The van der Waals surface area contributed by atoms with Crippen molar-refractivity contribution in [2.75, 3.05) is 19.8 Å². The van der Waals surface area contributed by atoms with Crippen molar-refractivity contribution < 1.29 is 23.9 Å². The van der Waals surface area contributed by atoms with Crippen LogP contribution in [-0.4, -0.2) is 56.2 Å². The Labute approximate surface area is 172 Å². The molecule has 2 amide bonds. The predicted octanol–water partition coefficient (Wildman–Crippen LogP) is 2.47. The van der Waals surface area contributed by atoms with Crippen LogP contribution in [0.5, 0.6) is 0 Å². The molecule has 1 heterocycles. The Bertz CT molecular complexity index is 811. The summed E-state index contributed by atoms with van der Waals surface area (Å²) >= 11 is 0. The Morgan fingerprint density at radius 3 is 2.07 bits per heavy atom.